The Bertz CT molecular complexity index is 679. The number of amides is 1. The molecule has 0 bridgehead atoms. The van der Waals surface area contributed by atoms with Gasteiger partial charge in [-0.05, 0) is 38.3 Å². The first-order chi connectivity index (χ1) is 10.9. The Morgan fingerprint density at radius 2 is 1.88 bits per heavy atom. The lowest BCUT2D eigenvalue weighted by molar-refractivity contribution is -0.138. The van der Waals surface area contributed by atoms with E-state index in [1.807, 2.05) is 0 Å². The van der Waals surface area contributed by atoms with Gasteiger partial charge in [0.25, 0.3) is 5.91 Å². The second-order valence-electron chi connectivity index (χ2n) is 6.70. The van der Waals surface area contributed by atoms with Gasteiger partial charge < -0.3 is 5.11 Å². The Labute approximate surface area is 143 Å². The molecule has 1 N–H and O–H groups in total. The highest BCUT2D eigenvalue weighted by molar-refractivity contribution is 8.16. The maximum Gasteiger partial charge on any atom is 0.416 e. The standard InChI is InChI=1S/C17H20F3NO2S/c1-10(11-7-5-6-8-12(11)17(18,19)20)9-13-21-14(22)16(4,24-13)15(2,3)23/h5-8,10,23H,9H2,1-4H3/t10-,16-/m1/s1. The van der Waals surface area contributed by atoms with Gasteiger partial charge in [-0.15, -0.1) is 0 Å². The Balaban J connectivity index is 2.23. The molecule has 0 spiro atoms. The number of alkyl halides is 3. The normalized spacial score (nSPS) is 23.3. The fourth-order valence-electron chi connectivity index (χ4n) is 2.55. The highest BCUT2D eigenvalue weighted by Gasteiger charge is 2.51. The average molecular weight is 359 g/mol. The molecule has 132 valence electrons. The molecule has 1 aromatic carbocycles. The summed E-state index contributed by atoms with van der Waals surface area (Å²) in [6.45, 7) is 6.33. The maximum absolute atomic E-state index is 13.1. The highest BCUT2D eigenvalue weighted by Crippen LogP contribution is 2.45. The van der Waals surface area contributed by atoms with Gasteiger partial charge in [0.2, 0.25) is 0 Å². The minimum absolute atomic E-state index is 0.178. The van der Waals surface area contributed by atoms with Crippen LogP contribution in [-0.4, -0.2) is 26.4 Å². The molecular formula is C17H20F3NO2S. The van der Waals surface area contributed by atoms with E-state index in [0.29, 0.717) is 5.04 Å². The Hall–Kier alpha value is -1.34. The molecule has 0 radical (unpaired) electrons. The first-order valence-electron chi connectivity index (χ1n) is 7.56. The van der Waals surface area contributed by atoms with Crippen LogP contribution in [0.15, 0.2) is 29.3 Å². The number of benzene rings is 1. The number of halogens is 3. The number of nitrogens with zero attached hydrogens (tertiary/aromatic N) is 1. The van der Waals surface area contributed by atoms with E-state index in [0.717, 1.165) is 17.8 Å². The third-order valence-electron chi connectivity index (χ3n) is 4.40. The first kappa shape index (κ1) is 19.0. The average Bonchev–Trinajstić information content (AvgIpc) is 2.73. The van der Waals surface area contributed by atoms with Gasteiger partial charge in [-0.2, -0.15) is 13.2 Å². The zero-order chi connectivity index (χ0) is 18.3. The van der Waals surface area contributed by atoms with Crippen molar-refractivity contribution in [1.29, 1.82) is 0 Å². The molecule has 0 saturated heterocycles. The number of thioether (sulfide) groups is 1. The van der Waals surface area contributed by atoms with E-state index in [1.165, 1.54) is 26.0 Å². The van der Waals surface area contributed by atoms with E-state index in [4.69, 9.17) is 0 Å². The fraction of sp³-hybridized carbons (Fsp3) is 0.529. The molecule has 1 aliphatic rings. The van der Waals surface area contributed by atoms with Crippen molar-refractivity contribution < 1.29 is 23.1 Å². The molecule has 1 heterocycles. The number of aliphatic hydroxyl groups is 1. The zero-order valence-electron chi connectivity index (χ0n) is 13.9. The van der Waals surface area contributed by atoms with Crippen molar-refractivity contribution >= 4 is 22.7 Å². The topological polar surface area (TPSA) is 49.7 Å². The first-order valence-corrected chi connectivity index (χ1v) is 8.37. The quantitative estimate of drug-likeness (QED) is 0.867. The number of carbonyl (C=O) groups excluding carboxylic acids is 1. The minimum Gasteiger partial charge on any atom is -0.388 e. The third-order valence-corrected chi connectivity index (χ3v) is 5.98. The molecule has 1 aromatic rings. The Kier molecular flexibility index (Phi) is 4.89. The lowest BCUT2D eigenvalue weighted by atomic mass is 9.91. The lowest BCUT2D eigenvalue weighted by Crippen LogP contribution is -2.48. The van der Waals surface area contributed by atoms with E-state index in [2.05, 4.69) is 4.99 Å². The summed E-state index contributed by atoms with van der Waals surface area (Å²) in [5.41, 5.74) is -1.78. The van der Waals surface area contributed by atoms with Crippen LogP contribution in [0.5, 0.6) is 0 Å². The van der Waals surface area contributed by atoms with E-state index < -0.39 is 33.9 Å². The van der Waals surface area contributed by atoms with Crippen molar-refractivity contribution in [2.45, 2.75) is 56.6 Å². The second-order valence-corrected chi connectivity index (χ2v) is 8.19. The molecule has 3 nitrogen and oxygen atoms in total. The molecule has 0 fully saturated rings. The summed E-state index contributed by atoms with van der Waals surface area (Å²) < 4.78 is 38.3. The predicted molar refractivity (Wildman–Crippen MR) is 89.2 cm³/mol. The number of carbonyl (C=O) groups is 1. The molecule has 24 heavy (non-hydrogen) atoms. The van der Waals surface area contributed by atoms with Crippen molar-refractivity contribution in [2.24, 2.45) is 4.99 Å². The van der Waals surface area contributed by atoms with Gasteiger partial charge in [0.15, 0.2) is 0 Å². The lowest BCUT2D eigenvalue weighted by Gasteiger charge is -2.33. The Morgan fingerprint density at radius 1 is 1.29 bits per heavy atom. The predicted octanol–water partition coefficient (Wildman–Crippen LogP) is 4.40. The molecule has 0 saturated carbocycles. The molecule has 1 amide bonds. The van der Waals surface area contributed by atoms with Crippen LogP contribution in [0.1, 0.15) is 51.2 Å². The summed E-state index contributed by atoms with van der Waals surface area (Å²) in [5.74, 6) is -0.905. The van der Waals surface area contributed by atoms with Crippen LogP contribution >= 0.6 is 11.8 Å². The third kappa shape index (κ3) is 3.52. The number of hydrogen-bond donors (Lipinski definition) is 1. The second kappa shape index (κ2) is 6.19. The fourth-order valence-corrected chi connectivity index (χ4v) is 3.87. The van der Waals surface area contributed by atoms with Crippen LogP contribution in [0.3, 0.4) is 0 Å². The van der Waals surface area contributed by atoms with Crippen LogP contribution in [-0.2, 0) is 11.0 Å². The highest BCUT2D eigenvalue weighted by atomic mass is 32.2. The molecule has 7 heteroatoms. The van der Waals surface area contributed by atoms with Crippen molar-refractivity contribution in [3.8, 4) is 0 Å². The van der Waals surface area contributed by atoms with Gasteiger partial charge in [0.05, 0.1) is 16.2 Å². The van der Waals surface area contributed by atoms with Gasteiger partial charge in [-0.1, -0.05) is 36.9 Å². The van der Waals surface area contributed by atoms with Crippen LogP contribution in [0.2, 0.25) is 0 Å². The molecule has 2 atom stereocenters. The van der Waals surface area contributed by atoms with E-state index in [9.17, 15) is 23.1 Å². The summed E-state index contributed by atoms with van der Waals surface area (Å²) in [5, 5.41) is 10.7. The van der Waals surface area contributed by atoms with E-state index >= 15 is 0 Å². The van der Waals surface area contributed by atoms with Crippen molar-refractivity contribution in [1.82, 2.24) is 0 Å². The molecular weight excluding hydrogens is 339 g/mol. The Morgan fingerprint density at radius 3 is 2.38 bits per heavy atom. The van der Waals surface area contributed by atoms with Crippen molar-refractivity contribution in [3.63, 3.8) is 0 Å². The molecule has 0 aromatic heterocycles. The molecule has 1 aliphatic heterocycles. The van der Waals surface area contributed by atoms with Gasteiger partial charge in [-0.3, -0.25) is 4.79 Å². The summed E-state index contributed by atoms with van der Waals surface area (Å²) >= 11 is 1.13. The van der Waals surface area contributed by atoms with Gasteiger partial charge in [-0.25, -0.2) is 4.99 Å². The smallest absolute Gasteiger partial charge is 0.388 e. The summed E-state index contributed by atoms with van der Waals surface area (Å²) in [6, 6.07) is 5.43. The van der Waals surface area contributed by atoms with Crippen LogP contribution < -0.4 is 0 Å². The number of aliphatic imine (C=N–C) groups is 1. The minimum atomic E-state index is -4.42. The van der Waals surface area contributed by atoms with Crippen LogP contribution in [0, 0.1) is 0 Å². The van der Waals surface area contributed by atoms with Crippen molar-refractivity contribution in [2.75, 3.05) is 0 Å². The van der Waals surface area contributed by atoms with E-state index in [1.54, 1.807) is 19.9 Å². The number of hydrogen-bond acceptors (Lipinski definition) is 3. The molecule has 2 rings (SSSR count). The summed E-state index contributed by atoms with van der Waals surface area (Å²) in [4.78, 5) is 16.1. The zero-order valence-corrected chi connectivity index (χ0v) is 14.8. The van der Waals surface area contributed by atoms with Gasteiger partial charge in [0, 0.05) is 6.42 Å². The van der Waals surface area contributed by atoms with Gasteiger partial charge >= 0.3 is 6.18 Å². The van der Waals surface area contributed by atoms with Crippen LogP contribution in [0.4, 0.5) is 13.2 Å². The van der Waals surface area contributed by atoms with Crippen LogP contribution in [0.25, 0.3) is 0 Å². The largest absolute Gasteiger partial charge is 0.416 e. The number of rotatable bonds is 4. The van der Waals surface area contributed by atoms with Crippen molar-refractivity contribution in [3.05, 3.63) is 35.4 Å². The monoisotopic (exact) mass is 359 g/mol. The molecule has 0 unspecified atom stereocenters. The molecule has 0 aliphatic carbocycles. The van der Waals surface area contributed by atoms with Gasteiger partial charge in [0.1, 0.15) is 4.75 Å². The van der Waals surface area contributed by atoms with E-state index in [-0.39, 0.29) is 12.0 Å². The summed E-state index contributed by atoms with van der Waals surface area (Å²) in [6.07, 6.45) is -4.21. The summed E-state index contributed by atoms with van der Waals surface area (Å²) in [7, 11) is 0. The maximum atomic E-state index is 13.1. The SMILES string of the molecule is C[C@H](CC1=NC(=O)[C@](C)(C(C)(C)O)S1)c1ccccc1C(F)(F)F.